The maximum Gasteiger partial charge on any atom is 0.163 e. The van der Waals surface area contributed by atoms with Crippen molar-refractivity contribution in [2.75, 3.05) is 0 Å². The van der Waals surface area contributed by atoms with Gasteiger partial charge in [-0.25, -0.2) is 0 Å². The van der Waals surface area contributed by atoms with Gasteiger partial charge in [-0.3, -0.25) is 0 Å². The highest BCUT2D eigenvalue weighted by atomic mass is 16.7. The van der Waals surface area contributed by atoms with Crippen LogP contribution in [0.15, 0.2) is 0 Å². The van der Waals surface area contributed by atoms with Gasteiger partial charge in [0.15, 0.2) is 5.79 Å². The van der Waals surface area contributed by atoms with Crippen LogP contribution in [0.1, 0.15) is 47.0 Å². The average molecular weight is 226 g/mol. The molecule has 1 fully saturated rings. The lowest BCUT2D eigenvalue weighted by atomic mass is 10.1. The molecule has 1 rings (SSSR count). The van der Waals surface area contributed by atoms with Gasteiger partial charge in [-0.15, -0.1) is 0 Å². The van der Waals surface area contributed by atoms with Crippen molar-refractivity contribution in [2.45, 2.75) is 71.1 Å². The summed E-state index contributed by atoms with van der Waals surface area (Å²) in [6.45, 7) is 7.83. The Morgan fingerprint density at radius 2 is 1.88 bits per heavy atom. The summed E-state index contributed by atoms with van der Waals surface area (Å²) in [6, 6.07) is 0. The van der Waals surface area contributed by atoms with E-state index in [0.29, 0.717) is 12.8 Å². The van der Waals surface area contributed by atoms with Crippen molar-refractivity contribution in [1.82, 2.24) is 0 Å². The third-order valence-corrected chi connectivity index (χ3v) is 2.65. The van der Waals surface area contributed by atoms with Crippen molar-refractivity contribution in [1.29, 1.82) is 0 Å². The fourth-order valence-corrected chi connectivity index (χ4v) is 1.81. The summed E-state index contributed by atoms with van der Waals surface area (Å²) in [6.07, 6.45) is 1.83. The molecule has 1 unspecified atom stereocenters. The highest BCUT2D eigenvalue weighted by Gasteiger charge is 2.39. The van der Waals surface area contributed by atoms with E-state index < -0.39 is 11.9 Å². The van der Waals surface area contributed by atoms with Crippen LogP contribution in [0, 0.1) is 11.8 Å². The van der Waals surface area contributed by atoms with E-state index in [-0.39, 0.29) is 12.2 Å². The van der Waals surface area contributed by atoms with E-state index in [1.807, 2.05) is 20.8 Å². The number of aliphatic hydroxyl groups excluding tert-OH is 1. The van der Waals surface area contributed by atoms with Crippen LogP contribution in [0.5, 0.6) is 0 Å². The molecule has 16 heavy (non-hydrogen) atoms. The molecule has 1 aliphatic heterocycles. The highest BCUT2D eigenvalue weighted by molar-refractivity contribution is 5.06. The fraction of sp³-hybridized carbons (Fsp3) is 0.846. The van der Waals surface area contributed by atoms with Crippen LogP contribution in [0.3, 0.4) is 0 Å². The maximum absolute atomic E-state index is 9.31. The van der Waals surface area contributed by atoms with Crippen LogP contribution in [0.25, 0.3) is 0 Å². The number of hydrogen-bond acceptors (Lipinski definition) is 3. The Bertz CT molecular complexity index is 275. The molecule has 0 spiro atoms. The summed E-state index contributed by atoms with van der Waals surface area (Å²) in [5.74, 6) is 5.27. The second kappa shape index (κ2) is 5.67. The molecule has 92 valence electrons. The van der Waals surface area contributed by atoms with E-state index in [2.05, 4.69) is 18.8 Å². The van der Waals surface area contributed by atoms with Gasteiger partial charge in [0.25, 0.3) is 0 Å². The van der Waals surface area contributed by atoms with Gasteiger partial charge in [-0.1, -0.05) is 25.7 Å². The Morgan fingerprint density at radius 3 is 2.44 bits per heavy atom. The first kappa shape index (κ1) is 13.5. The summed E-state index contributed by atoms with van der Waals surface area (Å²) in [4.78, 5) is 0. The minimum absolute atomic E-state index is 0.0246. The zero-order valence-corrected chi connectivity index (χ0v) is 10.6. The Kier molecular flexibility index (Phi) is 4.79. The molecule has 1 aliphatic rings. The Balaban J connectivity index is 2.49. The first-order valence-electron chi connectivity index (χ1n) is 6.00. The fourth-order valence-electron chi connectivity index (χ4n) is 1.81. The lowest BCUT2D eigenvalue weighted by molar-refractivity contribution is -0.145. The lowest BCUT2D eigenvalue weighted by Gasteiger charge is -2.16. The number of aliphatic hydroxyl groups is 1. The lowest BCUT2D eigenvalue weighted by Crippen LogP contribution is -2.21. The smallest absolute Gasteiger partial charge is 0.163 e. The standard InChI is InChI=1S/C13H22O3/c1-5-10(14)8-7-9-12-11(6-2)15-13(3,4)16-12/h10-12,14H,5-6,9H2,1-4H3/t10?,11-,12-/m0/s1. The van der Waals surface area contributed by atoms with E-state index in [1.54, 1.807) is 0 Å². The van der Waals surface area contributed by atoms with Crippen LogP contribution in [0.4, 0.5) is 0 Å². The Morgan fingerprint density at radius 1 is 1.25 bits per heavy atom. The van der Waals surface area contributed by atoms with Gasteiger partial charge in [-0.2, -0.15) is 0 Å². The van der Waals surface area contributed by atoms with Gasteiger partial charge in [0.05, 0.1) is 12.2 Å². The minimum Gasteiger partial charge on any atom is -0.380 e. The summed E-state index contributed by atoms with van der Waals surface area (Å²) < 4.78 is 11.5. The summed E-state index contributed by atoms with van der Waals surface area (Å²) in [7, 11) is 0. The molecule has 0 saturated carbocycles. The predicted octanol–water partition coefficient (Wildman–Crippen LogP) is 2.08. The topological polar surface area (TPSA) is 38.7 Å². The number of ether oxygens (including phenoxy) is 2. The van der Waals surface area contributed by atoms with Crippen molar-refractivity contribution < 1.29 is 14.6 Å². The van der Waals surface area contributed by atoms with E-state index >= 15 is 0 Å². The molecule has 1 saturated heterocycles. The van der Waals surface area contributed by atoms with Crippen LogP contribution in [-0.4, -0.2) is 29.2 Å². The van der Waals surface area contributed by atoms with Gasteiger partial charge in [-0.05, 0) is 26.7 Å². The third kappa shape index (κ3) is 3.79. The van der Waals surface area contributed by atoms with Gasteiger partial charge in [0, 0.05) is 6.42 Å². The summed E-state index contributed by atoms with van der Waals surface area (Å²) >= 11 is 0. The predicted molar refractivity (Wildman–Crippen MR) is 62.8 cm³/mol. The molecule has 0 bridgehead atoms. The van der Waals surface area contributed by atoms with Crippen LogP contribution in [-0.2, 0) is 9.47 Å². The van der Waals surface area contributed by atoms with Crippen molar-refractivity contribution in [3.63, 3.8) is 0 Å². The minimum atomic E-state index is -0.518. The van der Waals surface area contributed by atoms with Crippen LogP contribution < -0.4 is 0 Å². The van der Waals surface area contributed by atoms with Gasteiger partial charge < -0.3 is 14.6 Å². The third-order valence-electron chi connectivity index (χ3n) is 2.65. The molecule has 0 aromatic heterocycles. The van der Waals surface area contributed by atoms with Crippen molar-refractivity contribution in [2.24, 2.45) is 0 Å². The van der Waals surface area contributed by atoms with E-state index in [4.69, 9.17) is 9.47 Å². The number of hydrogen-bond donors (Lipinski definition) is 1. The molecular weight excluding hydrogens is 204 g/mol. The van der Waals surface area contributed by atoms with Gasteiger partial charge in [0.2, 0.25) is 0 Å². The number of rotatable bonds is 3. The van der Waals surface area contributed by atoms with Gasteiger partial charge >= 0.3 is 0 Å². The zero-order valence-electron chi connectivity index (χ0n) is 10.6. The van der Waals surface area contributed by atoms with E-state index in [0.717, 1.165) is 6.42 Å². The molecule has 1 N–H and O–H groups in total. The van der Waals surface area contributed by atoms with Crippen LogP contribution in [0.2, 0.25) is 0 Å². The molecule has 3 heteroatoms. The molecule has 0 aromatic carbocycles. The van der Waals surface area contributed by atoms with Crippen molar-refractivity contribution >= 4 is 0 Å². The SMILES string of the molecule is CCC(O)C#CC[C@@H]1OC(C)(C)O[C@H]1CC. The molecule has 3 atom stereocenters. The Labute approximate surface area is 98.1 Å². The zero-order chi connectivity index (χ0) is 12.2. The van der Waals surface area contributed by atoms with E-state index in [9.17, 15) is 5.11 Å². The average Bonchev–Trinajstić information content (AvgIpc) is 2.53. The summed E-state index contributed by atoms with van der Waals surface area (Å²) in [5.41, 5.74) is 0. The maximum atomic E-state index is 9.31. The van der Waals surface area contributed by atoms with Gasteiger partial charge in [0.1, 0.15) is 6.10 Å². The van der Waals surface area contributed by atoms with Crippen molar-refractivity contribution in [3.05, 3.63) is 0 Å². The van der Waals surface area contributed by atoms with Crippen molar-refractivity contribution in [3.8, 4) is 11.8 Å². The first-order chi connectivity index (χ1) is 7.48. The quantitative estimate of drug-likeness (QED) is 0.749. The largest absolute Gasteiger partial charge is 0.380 e. The molecular formula is C13H22O3. The van der Waals surface area contributed by atoms with Crippen LogP contribution >= 0.6 is 0 Å². The van der Waals surface area contributed by atoms with E-state index in [1.165, 1.54) is 0 Å². The normalized spacial score (nSPS) is 29.6. The highest BCUT2D eigenvalue weighted by Crippen LogP contribution is 2.31. The monoisotopic (exact) mass is 226 g/mol. The second-order valence-corrected chi connectivity index (χ2v) is 4.57. The molecule has 0 aromatic rings. The molecule has 0 aliphatic carbocycles. The summed E-state index contributed by atoms with van der Waals surface area (Å²) in [5, 5.41) is 9.31. The molecule has 3 nitrogen and oxygen atoms in total. The molecule has 0 amide bonds. The molecule has 1 heterocycles. The molecule has 0 radical (unpaired) electrons. The second-order valence-electron chi connectivity index (χ2n) is 4.57. The Hall–Kier alpha value is -0.560. The first-order valence-corrected chi connectivity index (χ1v) is 6.00.